The summed E-state index contributed by atoms with van der Waals surface area (Å²) >= 11 is 6.12. The second kappa shape index (κ2) is 7.05. The third kappa shape index (κ3) is 3.38. The van der Waals surface area contributed by atoms with E-state index in [0.29, 0.717) is 11.8 Å². The van der Waals surface area contributed by atoms with E-state index in [9.17, 15) is 0 Å². The Kier molecular flexibility index (Phi) is 4.88. The highest BCUT2D eigenvalue weighted by Crippen LogP contribution is 2.26. The van der Waals surface area contributed by atoms with Crippen LogP contribution in [-0.2, 0) is 6.42 Å². The van der Waals surface area contributed by atoms with E-state index in [0.717, 1.165) is 31.5 Å². The minimum atomic E-state index is 0.273. The fourth-order valence-corrected chi connectivity index (χ4v) is 3.01. The summed E-state index contributed by atoms with van der Waals surface area (Å²) in [4.78, 5) is 15.5. The molecule has 116 valence electrons. The fraction of sp³-hybridized carbons (Fsp3) is 0.471. The average molecular weight is 317 g/mol. The van der Waals surface area contributed by atoms with E-state index >= 15 is 0 Å². The first-order chi connectivity index (χ1) is 10.8. The van der Waals surface area contributed by atoms with Gasteiger partial charge in [0.15, 0.2) is 5.82 Å². The lowest BCUT2D eigenvalue weighted by Crippen LogP contribution is -2.30. The molecule has 3 rings (SSSR count). The molecular formula is C17H21ClN4. The van der Waals surface area contributed by atoms with Crippen molar-refractivity contribution in [2.24, 2.45) is 0 Å². The molecule has 2 aromatic rings. The van der Waals surface area contributed by atoms with Crippen LogP contribution in [0.2, 0.25) is 5.28 Å². The number of hydrogen-bond acceptors (Lipinski definition) is 4. The number of nitrogens with zero attached hydrogens (tertiary/aromatic N) is 4. The second-order valence-corrected chi connectivity index (χ2v) is 6.02. The van der Waals surface area contributed by atoms with Gasteiger partial charge in [-0.05, 0) is 30.0 Å². The minimum absolute atomic E-state index is 0.273. The van der Waals surface area contributed by atoms with Crippen LogP contribution < -0.4 is 4.90 Å². The molecule has 4 nitrogen and oxygen atoms in total. The van der Waals surface area contributed by atoms with Crippen molar-refractivity contribution in [3.8, 4) is 11.4 Å². The Hall–Kier alpha value is -1.68. The maximum atomic E-state index is 6.12. The third-order valence-corrected chi connectivity index (χ3v) is 4.24. The number of benzene rings is 1. The van der Waals surface area contributed by atoms with Crippen molar-refractivity contribution in [3.05, 3.63) is 35.1 Å². The topological polar surface area (TPSA) is 41.9 Å². The molecule has 0 saturated heterocycles. The van der Waals surface area contributed by atoms with E-state index in [2.05, 4.69) is 45.0 Å². The molecule has 0 aliphatic carbocycles. The van der Waals surface area contributed by atoms with Crippen molar-refractivity contribution < 1.29 is 0 Å². The zero-order chi connectivity index (χ0) is 15.4. The molecule has 0 amide bonds. The first-order valence-corrected chi connectivity index (χ1v) is 8.40. The van der Waals surface area contributed by atoms with Crippen molar-refractivity contribution in [2.45, 2.75) is 39.0 Å². The van der Waals surface area contributed by atoms with E-state index in [-0.39, 0.29) is 5.28 Å². The molecule has 0 spiro atoms. The molecule has 1 aliphatic rings. The molecule has 22 heavy (non-hydrogen) atoms. The Bertz CT molecular complexity index is 644. The Balaban J connectivity index is 1.88. The van der Waals surface area contributed by atoms with Crippen LogP contribution >= 0.6 is 11.6 Å². The van der Waals surface area contributed by atoms with Crippen LogP contribution in [0.4, 0.5) is 5.95 Å². The Morgan fingerprint density at radius 1 is 1.09 bits per heavy atom. The molecule has 0 radical (unpaired) electrons. The number of hydrogen-bond donors (Lipinski definition) is 0. The summed E-state index contributed by atoms with van der Waals surface area (Å²) in [7, 11) is 0. The molecule has 0 N–H and O–H groups in total. The van der Waals surface area contributed by atoms with Crippen molar-refractivity contribution in [2.75, 3.05) is 18.0 Å². The summed E-state index contributed by atoms with van der Waals surface area (Å²) in [5.74, 6) is 1.39. The van der Waals surface area contributed by atoms with Gasteiger partial charge in [0.05, 0.1) is 0 Å². The van der Waals surface area contributed by atoms with Gasteiger partial charge in [0, 0.05) is 18.7 Å². The van der Waals surface area contributed by atoms with Gasteiger partial charge in [0.25, 0.3) is 0 Å². The average Bonchev–Trinajstić information content (AvgIpc) is 2.53. The summed E-state index contributed by atoms with van der Waals surface area (Å²) in [6.07, 6.45) is 5.91. The summed E-state index contributed by atoms with van der Waals surface area (Å²) in [6.45, 7) is 4.12. The van der Waals surface area contributed by atoms with Crippen LogP contribution in [0.25, 0.3) is 11.4 Å². The zero-order valence-electron chi connectivity index (χ0n) is 12.9. The van der Waals surface area contributed by atoms with E-state index in [1.54, 1.807) is 0 Å². The van der Waals surface area contributed by atoms with Crippen LogP contribution in [0, 0.1) is 0 Å². The molecule has 1 aromatic carbocycles. The maximum absolute atomic E-state index is 6.12. The van der Waals surface area contributed by atoms with Crippen molar-refractivity contribution >= 4 is 17.5 Å². The maximum Gasteiger partial charge on any atom is 0.230 e. The third-order valence-electron chi connectivity index (χ3n) is 4.07. The summed E-state index contributed by atoms with van der Waals surface area (Å²) in [6, 6.07) is 8.28. The van der Waals surface area contributed by atoms with Gasteiger partial charge in [0.1, 0.15) is 0 Å². The highest BCUT2D eigenvalue weighted by atomic mass is 35.5. The van der Waals surface area contributed by atoms with E-state index < -0.39 is 0 Å². The largest absolute Gasteiger partial charge is 0.340 e. The van der Waals surface area contributed by atoms with Crippen LogP contribution in [-0.4, -0.2) is 28.0 Å². The number of rotatable bonds is 5. The fourth-order valence-electron chi connectivity index (χ4n) is 2.85. The monoisotopic (exact) mass is 316 g/mol. The van der Waals surface area contributed by atoms with Gasteiger partial charge < -0.3 is 4.90 Å². The number of aromatic nitrogens is 3. The zero-order valence-corrected chi connectivity index (χ0v) is 13.7. The van der Waals surface area contributed by atoms with Gasteiger partial charge in [-0.15, -0.1) is 0 Å². The van der Waals surface area contributed by atoms with Crippen LogP contribution in [0.15, 0.2) is 24.3 Å². The van der Waals surface area contributed by atoms with Gasteiger partial charge in [-0.3, -0.25) is 0 Å². The summed E-state index contributed by atoms with van der Waals surface area (Å²) in [5.41, 5.74) is 2.34. The van der Waals surface area contributed by atoms with E-state index in [1.807, 2.05) is 6.07 Å². The molecule has 1 aliphatic heterocycles. The van der Waals surface area contributed by atoms with Crippen LogP contribution in [0.1, 0.15) is 38.2 Å². The van der Waals surface area contributed by atoms with Crippen molar-refractivity contribution in [1.82, 2.24) is 15.0 Å². The first-order valence-electron chi connectivity index (χ1n) is 8.02. The summed E-state index contributed by atoms with van der Waals surface area (Å²) < 4.78 is 0. The van der Waals surface area contributed by atoms with Gasteiger partial charge >= 0.3 is 0 Å². The van der Waals surface area contributed by atoms with Crippen LogP contribution in [0.5, 0.6) is 0 Å². The lowest BCUT2D eigenvalue weighted by atomic mass is 10.0. The molecule has 2 bridgehead atoms. The predicted molar refractivity (Wildman–Crippen MR) is 90.3 cm³/mol. The Morgan fingerprint density at radius 3 is 2.82 bits per heavy atom. The molecule has 0 fully saturated rings. The van der Waals surface area contributed by atoms with Crippen molar-refractivity contribution in [3.63, 3.8) is 0 Å². The minimum Gasteiger partial charge on any atom is -0.340 e. The van der Waals surface area contributed by atoms with E-state index in [1.165, 1.54) is 24.8 Å². The number of fused-ring (bicyclic) bond motifs is 4. The Labute approximate surface area is 136 Å². The number of unbranched alkanes of at least 4 members (excludes halogenated alkanes) is 3. The normalized spacial score (nSPS) is 13.5. The second-order valence-electron chi connectivity index (χ2n) is 5.68. The SMILES string of the molecule is CCCCCCN1CCc2ccccc2-c2nc(Cl)nc1n2. The van der Waals surface area contributed by atoms with Gasteiger partial charge in [-0.25, -0.2) is 0 Å². The highest BCUT2D eigenvalue weighted by Gasteiger charge is 2.19. The molecular weight excluding hydrogens is 296 g/mol. The smallest absolute Gasteiger partial charge is 0.230 e. The predicted octanol–water partition coefficient (Wildman–Crippen LogP) is 4.13. The first kappa shape index (κ1) is 15.2. The lowest BCUT2D eigenvalue weighted by Gasteiger charge is -2.25. The Morgan fingerprint density at radius 2 is 1.95 bits per heavy atom. The van der Waals surface area contributed by atoms with Crippen LogP contribution in [0.3, 0.4) is 0 Å². The molecule has 0 saturated carbocycles. The molecule has 0 unspecified atom stereocenters. The van der Waals surface area contributed by atoms with Crippen molar-refractivity contribution in [1.29, 1.82) is 0 Å². The molecule has 5 heteroatoms. The molecule has 0 atom stereocenters. The summed E-state index contributed by atoms with van der Waals surface area (Å²) in [5, 5.41) is 0.273. The lowest BCUT2D eigenvalue weighted by molar-refractivity contribution is 0.632. The van der Waals surface area contributed by atoms with E-state index in [4.69, 9.17) is 11.6 Å². The standard InChI is InChI=1S/C17H21ClN4/c1-2-3-4-7-11-22-12-10-13-8-5-6-9-14(13)15-19-16(18)21-17(22)20-15/h5-6,8-9H,2-4,7,10-12H2,1H3. The van der Waals surface area contributed by atoms with Gasteiger partial charge in [-0.2, -0.15) is 15.0 Å². The number of anilines is 1. The highest BCUT2D eigenvalue weighted by molar-refractivity contribution is 6.28. The number of halogens is 1. The van der Waals surface area contributed by atoms with Gasteiger partial charge in [-0.1, -0.05) is 50.5 Å². The molecule has 2 heterocycles. The van der Waals surface area contributed by atoms with Gasteiger partial charge in [0.2, 0.25) is 11.2 Å². The molecule has 1 aromatic heterocycles. The quantitative estimate of drug-likeness (QED) is 0.778.